The number of nitrogens with one attached hydrogen (secondary N) is 1. The van der Waals surface area contributed by atoms with E-state index in [9.17, 15) is 13.2 Å². The molecule has 0 aliphatic rings. The predicted octanol–water partition coefficient (Wildman–Crippen LogP) is 5.09. The van der Waals surface area contributed by atoms with Crippen molar-refractivity contribution in [3.8, 4) is 11.1 Å². The van der Waals surface area contributed by atoms with Gasteiger partial charge in [-0.15, -0.1) is 0 Å². The first-order chi connectivity index (χ1) is 10.5. The van der Waals surface area contributed by atoms with Gasteiger partial charge in [-0.05, 0) is 35.7 Å². The Morgan fingerprint density at radius 2 is 2.05 bits per heavy atom. The van der Waals surface area contributed by atoms with Crippen LogP contribution in [0.4, 0.5) is 18.9 Å². The Kier molecular flexibility index (Phi) is 5.13. The zero-order valence-electron chi connectivity index (χ0n) is 11.9. The molecule has 0 radical (unpaired) electrons. The number of aryl methyl sites for hydroxylation is 1. The number of hydrogen-bond donors (Lipinski definition) is 1. The van der Waals surface area contributed by atoms with Crippen LogP contribution >= 0.6 is 12.2 Å². The molecular formula is C16H15F3N2S. The second-order valence-electron chi connectivity index (χ2n) is 4.81. The van der Waals surface area contributed by atoms with E-state index in [2.05, 4.69) is 22.5 Å². The molecular weight excluding hydrogens is 309 g/mol. The van der Waals surface area contributed by atoms with Crippen molar-refractivity contribution in [2.75, 3.05) is 5.32 Å². The number of halogens is 3. The Balaban J connectivity index is 2.68. The molecule has 22 heavy (non-hydrogen) atoms. The smallest absolute Gasteiger partial charge is 0.352 e. The second kappa shape index (κ2) is 6.87. The van der Waals surface area contributed by atoms with Gasteiger partial charge in [0.05, 0.1) is 16.7 Å². The van der Waals surface area contributed by atoms with E-state index in [1.54, 1.807) is 30.6 Å². The number of thiocarbonyl (C=S) groups is 1. The highest BCUT2D eigenvalue weighted by molar-refractivity contribution is 7.79. The van der Waals surface area contributed by atoms with Crippen molar-refractivity contribution in [1.82, 2.24) is 4.98 Å². The molecule has 1 aromatic heterocycles. The summed E-state index contributed by atoms with van der Waals surface area (Å²) in [5.41, 5.74) is 2.18. The standard InChI is InChI=1S/C16H15F3N2S/c1-2-4-11-7-13(12-5-3-6-20-9-12)8-14(16(17,18)19)15(11)21-10-22/h3,5-10H,2,4H2,1H3,(H,21,22). The summed E-state index contributed by atoms with van der Waals surface area (Å²) in [6.45, 7) is 1.92. The van der Waals surface area contributed by atoms with E-state index in [1.807, 2.05) is 6.92 Å². The van der Waals surface area contributed by atoms with Crippen LogP contribution in [0.5, 0.6) is 0 Å². The number of nitrogens with zero attached hydrogens (tertiary/aromatic N) is 1. The topological polar surface area (TPSA) is 24.9 Å². The largest absolute Gasteiger partial charge is 0.418 e. The molecule has 1 aromatic carbocycles. The van der Waals surface area contributed by atoms with Crippen LogP contribution in [0.15, 0.2) is 36.7 Å². The molecule has 1 heterocycles. The Hall–Kier alpha value is -1.95. The van der Waals surface area contributed by atoms with Crippen molar-refractivity contribution in [3.63, 3.8) is 0 Å². The summed E-state index contributed by atoms with van der Waals surface area (Å²) < 4.78 is 40.2. The molecule has 2 nitrogen and oxygen atoms in total. The normalized spacial score (nSPS) is 11.3. The summed E-state index contributed by atoms with van der Waals surface area (Å²) in [4.78, 5) is 3.97. The molecule has 0 unspecified atom stereocenters. The van der Waals surface area contributed by atoms with Crippen molar-refractivity contribution in [2.24, 2.45) is 0 Å². The fourth-order valence-electron chi connectivity index (χ4n) is 2.32. The summed E-state index contributed by atoms with van der Waals surface area (Å²) in [5, 5.41) is 2.57. The third-order valence-corrected chi connectivity index (χ3v) is 3.36. The van der Waals surface area contributed by atoms with Gasteiger partial charge in [0.2, 0.25) is 0 Å². The Labute approximate surface area is 132 Å². The first-order valence-corrected chi connectivity index (χ1v) is 7.29. The Morgan fingerprint density at radius 1 is 1.27 bits per heavy atom. The molecule has 0 spiro atoms. The lowest BCUT2D eigenvalue weighted by molar-refractivity contribution is -0.136. The molecule has 6 heteroatoms. The molecule has 116 valence electrons. The van der Waals surface area contributed by atoms with Gasteiger partial charge in [-0.25, -0.2) is 0 Å². The van der Waals surface area contributed by atoms with Gasteiger partial charge in [-0.3, -0.25) is 4.98 Å². The molecule has 0 saturated carbocycles. The maximum absolute atomic E-state index is 13.4. The molecule has 0 atom stereocenters. The van der Waals surface area contributed by atoms with Crippen molar-refractivity contribution in [2.45, 2.75) is 25.9 Å². The molecule has 1 N–H and O–H groups in total. The summed E-state index contributed by atoms with van der Waals surface area (Å²) in [7, 11) is 0. The predicted molar refractivity (Wildman–Crippen MR) is 85.9 cm³/mol. The first kappa shape index (κ1) is 16.4. The number of rotatable bonds is 5. The van der Waals surface area contributed by atoms with Crippen LogP contribution in [0, 0.1) is 0 Å². The van der Waals surface area contributed by atoms with Crippen LogP contribution in [0.25, 0.3) is 11.1 Å². The average molecular weight is 324 g/mol. The van der Waals surface area contributed by atoms with Gasteiger partial charge in [-0.2, -0.15) is 13.2 Å². The number of pyridine rings is 1. The molecule has 0 aliphatic heterocycles. The number of hydrogen-bond acceptors (Lipinski definition) is 2. The van der Waals surface area contributed by atoms with Crippen molar-refractivity contribution in [1.29, 1.82) is 0 Å². The van der Waals surface area contributed by atoms with Crippen LogP contribution < -0.4 is 5.32 Å². The second-order valence-corrected chi connectivity index (χ2v) is 5.05. The van der Waals surface area contributed by atoms with Crippen LogP contribution in [-0.4, -0.2) is 10.5 Å². The highest BCUT2D eigenvalue weighted by atomic mass is 32.1. The van der Waals surface area contributed by atoms with Crippen LogP contribution in [0.2, 0.25) is 0 Å². The van der Waals surface area contributed by atoms with Gasteiger partial charge in [-0.1, -0.05) is 31.6 Å². The minimum Gasteiger partial charge on any atom is -0.352 e. The van der Waals surface area contributed by atoms with Gasteiger partial charge in [0.25, 0.3) is 0 Å². The van der Waals surface area contributed by atoms with E-state index in [-0.39, 0.29) is 5.69 Å². The number of benzene rings is 1. The van der Waals surface area contributed by atoms with Crippen LogP contribution in [-0.2, 0) is 12.6 Å². The maximum atomic E-state index is 13.4. The van der Waals surface area contributed by atoms with Gasteiger partial charge < -0.3 is 5.32 Å². The lowest BCUT2D eigenvalue weighted by Gasteiger charge is -2.18. The fourth-order valence-corrected chi connectivity index (χ4v) is 2.44. The van der Waals surface area contributed by atoms with Gasteiger partial charge in [0.1, 0.15) is 0 Å². The summed E-state index contributed by atoms with van der Waals surface area (Å²) >= 11 is 4.67. The number of alkyl halides is 3. The van der Waals surface area contributed by atoms with Gasteiger partial charge in [0.15, 0.2) is 0 Å². The maximum Gasteiger partial charge on any atom is 0.418 e. The molecule has 0 saturated heterocycles. The molecule has 0 fully saturated rings. The third kappa shape index (κ3) is 3.62. The SMILES string of the molecule is CCCc1cc(-c2cccnc2)cc(C(F)(F)F)c1NC=S. The highest BCUT2D eigenvalue weighted by Crippen LogP contribution is 2.40. The van der Waals surface area contributed by atoms with Crippen molar-refractivity contribution >= 4 is 23.4 Å². The van der Waals surface area contributed by atoms with E-state index in [0.29, 0.717) is 23.1 Å². The van der Waals surface area contributed by atoms with E-state index < -0.39 is 11.7 Å². The lowest BCUT2D eigenvalue weighted by Crippen LogP contribution is -2.12. The van der Waals surface area contributed by atoms with Crippen LogP contribution in [0.1, 0.15) is 24.5 Å². The summed E-state index contributed by atoms with van der Waals surface area (Å²) in [6, 6.07) is 6.34. The Morgan fingerprint density at radius 3 is 2.59 bits per heavy atom. The van der Waals surface area contributed by atoms with Crippen molar-refractivity contribution < 1.29 is 13.2 Å². The first-order valence-electron chi connectivity index (χ1n) is 6.82. The minimum atomic E-state index is -4.46. The van der Waals surface area contributed by atoms with Gasteiger partial charge >= 0.3 is 6.18 Å². The molecule has 0 amide bonds. The third-order valence-electron chi connectivity index (χ3n) is 3.24. The van der Waals surface area contributed by atoms with E-state index in [4.69, 9.17) is 0 Å². The molecule has 0 aliphatic carbocycles. The van der Waals surface area contributed by atoms with E-state index >= 15 is 0 Å². The summed E-state index contributed by atoms with van der Waals surface area (Å²) in [6.07, 6.45) is -0.0509. The lowest BCUT2D eigenvalue weighted by atomic mass is 9.96. The zero-order chi connectivity index (χ0) is 16.2. The summed E-state index contributed by atoms with van der Waals surface area (Å²) in [5.74, 6) is 0. The van der Waals surface area contributed by atoms with E-state index in [0.717, 1.165) is 18.0 Å². The van der Waals surface area contributed by atoms with E-state index in [1.165, 1.54) is 0 Å². The average Bonchev–Trinajstić information content (AvgIpc) is 2.49. The number of aromatic nitrogens is 1. The minimum absolute atomic E-state index is 0.0389. The molecule has 2 aromatic rings. The Bertz CT molecular complexity index is 654. The molecule has 2 rings (SSSR count). The van der Waals surface area contributed by atoms with Crippen molar-refractivity contribution in [3.05, 3.63) is 47.8 Å². The quantitative estimate of drug-likeness (QED) is 0.776. The van der Waals surface area contributed by atoms with Gasteiger partial charge in [0, 0.05) is 18.0 Å². The van der Waals surface area contributed by atoms with Crippen LogP contribution in [0.3, 0.4) is 0 Å². The fraction of sp³-hybridized carbons (Fsp3) is 0.250. The monoisotopic (exact) mass is 324 g/mol. The zero-order valence-corrected chi connectivity index (χ0v) is 12.8. The highest BCUT2D eigenvalue weighted by Gasteiger charge is 2.35. The number of anilines is 1. The molecule has 0 bridgehead atoms.